The number of anilines is 2. The van der Waals surface area contributed by atoms with Crippen LogP contribution in [0.2, 0.25) is 0 Å². The zero-order valence-corrected chi connectivity index (χ0v) is 15.9. The number of nitrogens with zero attached hydrogens (tertiary/aromatic N) is 5. The Hall–Kier alpha value is -3.75. The molecule has 3 aromatic rings. The maximum atomic E-state index is 12.6. The number of carbonyl (C=O) groups is 2. The lowest BCUT2D eigenvalue weighted by molar-refractivity contribution is -0.122. The summed E-state index contributed by atoms with van der Waals surface area (Å²) in [6.45, 7) is 0.752. The number of amides is 2. The largest absolute Gasteiger partial charge is 0.497 e. The van der Waals surface area contributed by atoms with E-state index in [2.05, 4.69) is 20.4 Å². The molecule has 4 rings (SSSR count). The van der Waals surface area contributed by atoms with Gasteiger partial charge < -0.3 is 9.64 Å². The van der Waals surface area contributed by atoms with Gasteiger partial charge in [0.25, 0.3) is 0 Å². The summed E-state index contributed by atoms with van der Waals surface area (Å²) < 4.78 is 6.80. The molecule has 3 heterocycles. The number of nitrogens with one attached hydrogen (secondary N) is 1. The van der Waals surface area contributed by atoms with Crippen molar-refractivity contribution >= 4 is 23.5 Å². The summed E-state index contributed by atoms with van der Waals surface area (Å²) in [7, 11) is 1.57. The van der Waals surface area contributed by atoms with E-state index in [0.717, 1.165) is 5.69 Å². The normalized spacial score (nSPS) is 16.1. The maximum Gasteiger partial charge on any atom is 0.248 e. The zero-order valence-electron chi connectivity index (χ0n) is 15.9. The number of hydrogen-bond donors (Lipinski definition) is 1. The van der Waals surface area contributed by atoms with Crippen molar-refractivity contribution in [2.75, 3.05) is 23.9 Å². The fourth-order valence-electron chi connectivity index (χ4n) is 3.21. The Morgan fingerprint density at radius 1 is 1.24 bits per heavy atom. The molecule has 1 aliphatic heterocycles. The van der Waals surface area contributed by atoms with Crippen LogP contribution >= 0.6 is 0 Å². The third kappa shape index (κ3) is 4.23. The Labute approximate surface area is 167 Å². The predicted octanol–water partition coefficient (Wildman–Crippen LogP) is 1.72. The van der Waals surface area contributed by atoms with Crippen LogP contribution in [0.4, 0.5) is 11.6 Å². The van der Waals surface area contributed by atoms with Crippen LogP contribution in [-0.2, 0) is 16.1 Å². The maximum absolute atomic E-state index is 12.6. The summed E-state index contributed by atoms with van der Waals surface area (Å²) in [5.41, 5.74) is 1.55. The van der Waals surface area contributed by atoms with Gasteiger partial charge in [0.05, 0.1) is 25.3 Å². The van der Waals surface area contributed by atoms with Crippen LogP contribution in [0.5, 0.6) is 5.75 Å². The van der Waals surface area contributed by atoms with E-state index in [-0.39, 0.29) is 24.2 Å². The van der Waals surface area contributed by atoms with Crippen molar-refractivity contribution in [1.82, 2.24) is 19.7 Å². The number of pyridine rings is 1. The molecule has 9 heteroatoms. The van der Waals surface area contributed by atoms with Crippen molar-refractivity contribution in [2.24, 2.45) is 5.92 Å². The minimum absolute atomic E-state index is 0.105. The summed E-state index contributed by atoms with van der Waals surface area (Å²) in [5.74, 6) is 0.00637. The highest BCUT2D eigenvalue weighted by Crippen LogP contribution is 2.28. The van der Waals surface area contributed by atoms with Gasteiger partial charge in [-0.2, -0.15) is 0 Å². The third-order valence-electron chi connectivity index (χ3n) is 4.68. The van der Waals surface area contributed by atoms with Crippen LogP contribution in [0.15, 0.2) is 55.0 Å². The molecule has 0 radical (unpaired) electrons. The van der Waals surface area contributed by atoms with Crippen molar-refractivity contribution in [2.45, 2.75) is 13.0 Å². The highest BCUT2D eigenvalue weighted by molar-refractivity contribution is 6.03. The van der Waals surface area contributed by atoms with Gasteiger partial charge in [0.1, 0.15) is 12.1 Å². The molecule has 1 aromatic carbocycles. The standard InChI is InChI=1S/C20H20N6O3/c1-29-17-7-4-6-16(10-17)26-11-14(9-18(26)27)19(28)23-20-22-13-25(24-20)12-15-5-2-3-8-21-15/h2-8,10,13-14H,9,11-12H2,1H3,(H,23,24,28)/t14-/m1/s1. The van der Waals surface area contributed by atoms with E-state index in [1.807, 2.05) is 30.3 Å². The fourth-order valence-corrected chi connectivity index (χ4v) is 3.21. The lowest BCUT2D eigenvalue weighted by Gasteiger charge is -2.17. The van der Waals surface area contributed by atoms with Crippen LogP contribution < -0.4 is 15.0 Å². The fraction of sp³-hybridized carbons (Fsp3) is 0.250. The van der Waals surface area contributed by atoms with Gasteiger partial charge >= 0.3 is 0 Å². The Kier molecular flexibility index (Phi) is 5.19. The van der Waals surface area contributed by atoms with Gasteiger partial charge in [0, 0.05) is 30.9 Å². The quantitative estimate of drug-likeness (QED) is 0.685. The molecule has 148 valence electrons. The first-order valence-electron chi connectivity index (χ1n) is 9.17. The minimum atomic E-state index is -0.476. The number of rotatable bonds is 6. The molecule has 0 bridgehead atoms. The van der Waals surface area contributed by atoms with E-state index in [9.17, 15) is 9.59 Å². The summed E-state index contributed by atoms with van der Waals surface area (Å²) >= 11 is 0. The van der Waals surface area contributed by atoms with Gasteiger partial charge in [-0.05, 0) is 24.3 Å². The second kappa shape index (κ2) is 8.09. The molecule has 2 amide bonds. The average Bonchev–Trinajstić information content (AvgIpc) is 3.35. The Bertz CT molecular complexity index is 1020. The van der Waals surface area contributed by atoms with E-state index >= 15 is 0 Å². The number of hydrogen-bond acceptors (Lipinski definition) is 6. The van der Waals surface area contributed by atoms with Gasteiger partial charge in [-0.1, -0.05) is 12.1 Å². The summed E-state index contributed by atoms with van der Waals surface area (Å²) in [4.78, 5) is 35.0. The predicted molar refractivity (Wildman–Crippen MR) is 105 cm³/mol. The molecule has 0 unspecified atom stereocenters. The first-order chi connectivity index (χ1) is 14.1. The van der Waals surface area contributed by atoms with Crippen molar-refractivity contribution < 1.29 is 14.3 Å². The van der Waals surface area contributed by atoms with Gasteiger partial charge in [-0.25, -0.2) is 9.67 Å². The van der Waals surface area contributed by atoms with Crippen molar-refractivity contribution in [3.05, 3.63) is 60.7 Å². The monoisotopic (exact) mass is 392 g/mol. The molecule has 1 N–H and O–H groups in total. The smallest absolute Gasteiger partial charge is 0.248 e. The lowest BCUT2D eigenvalue weighted by Crippen LogP contribution is -2.28. The molecular formula is C20H20N6O3. The average molecular weight is 392 g/mol. The molecule has 0 saturated carbocycles. The van der Waals surface area contributed by atoms with E-state index in [0.29, 0.717) is 24.5 Å². The van der Waals surface area contributed by atoms with Crippen LogP contribution in [0, 0.1) is 5.92 Å². The SMILES string of the molecule is COc1cccc(N2C[C@H](C(=O)Nc3ncn(Cc4ccccn4)n3)CC2=O)c1. The minimum Gasteiger partial charge on any atom is -0.497 e. The van der Waals surface area contributed by atoms with Crippen molar-refractivity contribution in [1.29, 1.82) is 0 Å². The van der Waals surface area contributed by atoms with Crippen LogP contribution in [0.25, 0.3) is 0 Å². The molecule has 29 heavy (non-hydrogen) atoms. The van der Waals surface area contributed by atoms with Crippen molar-refractivity contribution in [3.8, 4) is 5.75 Å². The number of carbonyl (C=O) groups excluding carboxylic acids is 2. The first kappa shape index (κ1) is 18.6. The molecular weight excluding hydrogens is 372 g/mol. The van der Waals surface area contributed by atoms with Crippen LogP contribution in [-0.4, -0.2) is 45.2 Å². The summed E-state index contributed by atoms with van der Waals surface area (Å²) in [5, 5.41) is 6.95. The Morgan fingerprint density at radius 2 is 2.14 bits per heavy atom. The molecule has 1 fully saturated rings. The highest BCUT2D eigenvalue weighted by Gasteiger charge is 2.35. The van der Waals surface area contributed by atoms with E-state index in [1.54, 1.807) is 35.0 Å². The van der Waals surface area contributed by atoms with E-state index in [1.165, 1.54) is 6.33 Å². The highest BCUT2D eigenvalue weighted by atomic mass is 16.5. The molecule has 9 nitrogen and oxygen atoms in total. The van der Waals surface area contributed by atoms with Crippen LogP contribution in [0.1, 0.15) is 12.1 Å². The second-order valence-electron chi connectivity index (χ2n) is 6.68. The second-order valence-corrected chi connectivity index (χ2v) is 6.68. The summed E-state index contributed by atoms with van der Waals surface area (Å²) in [6, 6.07) is 12.8. The molecule has 1 aliphatic rings. The third-order valence-corrected chi connectivity index (χ3v) is 4.68. The molecule has 1 atom stereocenters. The first-order valence-corrected chi connectivity index (χ1v) is 9.17. The molecule has 1 saturated heterocycles. The zero-order chi connectivity index (χ0) is 20.2. The lowest BCUT2D eigenvalue weighted by atomic mass is 10.1. The van der Waals surface area contributed by atoms with Gasteiger partial charge in [-0.15, -0.1) is 5.10 Å². The van der Waals surface area contributed by atoms with Crippen molar-refractivity contribution in [3.63, 3.8) is 0 Å². The molecule has 0 spiro atoms. The van der Waals surface area contributed by atoms with Gasteiger partial charge in [0.2, 0.25) is 17.8 Å². The number of methoxy groups -OCH3 is 1. The topological polar surface area (TPSA) is 102 Å². The summed E-state index contributed by atoms with van der Waals surface area (Å²) in [6.07, 6.45) is 3.38. The number of aromatic nitrogens is 4. The number of benzene rings is 1. The van der Waals surface area contributed by atoms with Gasteiger partial charge in [-0.3, -0.25) is 19.9 Å². The van der Waals surface area contributed by atoms with Gasteiger partial charge in [0.15, 0.2) is 0 Å². The Balaban J connectivity index is 1.38. The van der Waals surface area contributed by atoms with E-state index < -0.39 is 5.92 Å². The number of ether oxygens (including phenoxy) is 1. The van der Waals surface area contributed by atoms with E-state index in [4.69, 9.17) is 4.74 Å². The molecule has 0 aliphatic carbocycles. The Morgan fingerprint density at radius 3 is 2.93 bits per heavy atom. The van der Waals surface area contributed by atoms with Crippen LogP contribution in [0.3, 0.4) is 0 Å². The molecule has 2 aromatic heterocycles.